The summed E-state index contributed by atoms with van der Waals surface area (Å²) in [4.78, 5) is 26.1. The van der Waals surface area contributed by atoms with Gasteiger partial charge in [0.25, 0.3) is 0 Å². The molecule has 3 fully saturated rings. The van der Waals surface area contributed by atoms with Gasteiger partial charge in [-0.2, -0.15) is 11.8 Å². The number of aromatic nitrogens is 2. The van der Waals surface area contributed by atoms with Gasteiger partial charge in [0.15, 0.2) is 0 Å². The highest BCUT2D eigenvalue weighted by molar-refractivity contribution is 7.99. The van der Waals surface area contributed by atoms with E-state index in [1.807, 2.05) is 41.6 Å². The predicted molar refractivity (Wildman–Crippen MR) is 111 cm³/mol. The van der Waals surface area contributed by atoms with Gasteiger partial charge in [0.1, 0.15) is 5.60 Å². The summed E-state index contributed by atoms with van der Waals surface area (Å²) in [7, 11) is 0. The maximum absolute atomic E-state index is 12.5. The number of benzene rings is 1. The molecule has 5 rings (SSSR count). The third-order valence-corrected chi connectivity index (χ3v) is 7.11. The van der Waals surface area contributed by atoms with Crippen molar-refractivity contribution in [3.63, 3.8) is 0 Å². The average Bonchev–Trinajstić information content (AvgIpc) is 3.16. The van der Waals surface area contributed by atoms with Crippen molar-refractivity contribution < 1.29 is 14.6 Å². The van der Waals surface area contributed by atoms with Crippen LogP contribution >= 0.6 is 11.8 Å². The Bertz CT molecular complexity index is 928. The quantitative estimate of drug-likeness (QED) is 0.782. The van der Waals surface area contributed by atoms with Gasteiger partial charge in [0, 0.05) is 44.6 Å². The Morgan fingerprint density at radius 1 is 1.31 bits per heavy atom. The molecule has 3 saturated heterocycles. The Hall–Kier alpha value is -1.74. The monoisotopic (exact) mass is 414 g/mol. The van der Waals surface area contributed by atoms with Gasteiger partial charge in [-0.25, -0.2) is 4.98 Å². The third kappa shape index (κ3) is 3.32. The zero-order valence-electron chi connectivity index (χ0n) is 16.5. The fourth-order valence-electron chi connectivity index (χ4n) is 5.35. The minimum atomic E-state index is -0.380. The van der Waals surface area contributed by atoms with E-state index >= 15 is 0 Å². The average molecular weight is 415 g/mol. The number of fused-ring (bicyclic) bond motifs is 2. The number of morpholine rings is 1. The standard InChI is InChI=1S/C21H26N4O3S/c1-29-11-20(27)25-8-16-15(10-26)19-9-24(12-21(16,13-25)28-19)7-14-6-22-17-4-2-3-5-18(17)23-14/h2-6,15-16,19,26H,7-13H2,1H3/t15-,16+,19+,21+/m0/s1. The van der Waals surface area contributed by atoms with Crippen LogP contribution in [0.25, 0.3) is 11.0 Å². The second-order valence-electron chi connectivity index (χ2n) is 8.40. The molecule has 2 aromatic rings. The molecular formula is C21H26N4O3S. The highest BCUT2D eigenvalue weighted by Crippen LogP contribution is 2.49. The number of likely N-dealkylation sites (tertiary alicyclic amines) is 2. The number of hydrogen-bond acceptors (Lipinski definition) is 7. The van der Waals surface area contributed by atoms with E-state index in [-0.39, 0.29) is 36.1 Å². The van der Waals surface area contributed by atoms with Gasteiger partial charge in [0.05, 0.1) is 41.3 Å². The lowest BCUT2D eigenvalue weighted by molar-refractivity contribution is -0.137. The van der Waals surface area contributed by atoms with Gasteiger partial charge >= 0.3 is 0 Å². The van der Waals surface area contributed by atoms with Crippen LogP contribution in [0.3, 0.4) is 0 Å². The fourth-order valence-corrected chi connectivity index (χ4v) is 5.78. The molecule has 4 atom stereocenters. The van der Waals surface area contributed by atoms with Crippen LogP contribution in [0.4, 0.5) is 0 Å². The number of hydrogen-bond donors (Lipinski definition) is 1. The Balaban J connectivity index is 1.37. The van der Waals surface area contributed by atoms with Crippen molar-refractivity contribution in [2.24, 2.45) is 11.8 Å². The van der Waals surface area contributed by atoms with Crippen molar-refractivity contribution in [2.75, 3.05) is 44.8 Å². The summed E-state index contributed by atoms with van der Waals surface area (Å²) in [6.45, 7) is 3.63. The first-order valence-electron chi connectivity index (χ1n) is 10.1. The second kappa shape index (κ2) is 7.50. The number of carbonyl (C=O) groups excluding carboxylic acids is 1. The lowest BCUT2D eigenvalue weighted by Crippen LogP contribution is -2.54. The Morgan fingerprint density at radius 2 is 2.14 bits per heavy atom. The number of aliphatic hydroxyl groups excluding tert-OH is 1. The Kier molecular flexibility index (Phi) is 4.98. The highest BCUT2D eigenvalue weighted by atomic mass is 32.2. The molecule has 7 nitrogen and oxygen atoms in total. The molecule has 8 heteroatoms. The van der Waals surface area contributed by atoms with Crippen LogP contribution in [0.2, 0.25) is 0 Å². The Morgan fingerprint density at radius 3 is 2.93 bits per heavy atom. The van der Waals surface area contributed by atoms with Crippen molar-refractivity contribution in [2.45, 2.75) is 18.2 Å². The third-order valence-electron chi connectivity index (χ3n) is 6.58. The van der Waals surface area contributed by atoms with Crippen LogP contribution in [-0.2, 0) is 16.1 Å². The van der Waals surface area contributed by atoms with Crippen LogP contribution < -0.4 is 0 Å². The van der Waals surface area contributed by atoms with E-state index in [1.54, 1.807) is 11.8 Å². The van der Waals surface area contributed by atoms with E-state index in [1.165, 1.54) is 0 Å². The molecule has 1 N–H and O–H groups in total. The topological polar surface area (TPSA) is 78.8 Å². The van der Waals surface area contributed by atoms with E-state index in [4.69, 9.17) is 9.72 Å². The smallest absolute Gasteiger partial charge is 0.232 e. The zero-order chi connectivity index (χ0) is 20.0. The summed E-state index contributed by atoms with van der Waals surface area (Å²) in [5.41, 5.74) is 2.36. The van der Waals surface area contributed by atoms with Crippen LogP contribution in [0.1, 0.15) is 5.69 Å². The maximum atomic E-state index is 12.5. The van der Waals surface area contributed by atoms with Crippen molar-refractivity contribution in [1.82, 2.24) is 19.8 Å². The van der Waals surface area contributed by atoms with Crippen molar-refractivity contribution in [3.05, 3.63) is 36.2 Å². The van der Waals surface area contributed by atoms with Crippen LogP contribution in [0, 0.1) is 11.8 Å². The van der Waals surface area contributed by atoms with Gasteiger partial charge in [-0.3, -0.25) is 14.7 Å². The first-order chi connectivity index (χ1) is 14.1. The van der Waals surface area contributed by atoms with E-state index in [0.717, 1.165) is 29.8 Å². The predicted octanol–water partition coefficient (Wildman–Crippen LogP) is 1.01. The number of aliphatic hydroxyl groups is 1. The minimum absolute atomic E-state index is 0.00460. The molecule has 0 radical (unpaired) electrons. The zero-order valence-corrected chi connectivity index (χ0v) is 17.3. The summed E-state index contributed by atoms with van der Waals surface area (Å²) < 4.78 is 6.47. The number of carbonyl (C=O) groups is 1. The molecule has 0 aliphatic carbocycles. The lowest BCUT2D eigenvalue weighted by atomic mass is 9.83. The minimum Gasteiger partial charge on any atom is -0.396 e. The van der Waals surface area contributed by atoms with Gasteiger partial charge in [-0.1, -0.05) is 12.1 Å². The normalized spacial score (nSPS) is 31.4. The number of para-hydroxylation sites is 2. The van der Waals surface area contributed by atoms with Crippen LogP contribution in [0.5, 0.6) is 0 Å². The van der Waals surface area contributed by atoms with E-state index in [0.29, 0.717) is 25.4 Å². The van der Waals surface area contributed by atoms with Gasteiger partial charge in [0.2, 0.25) is 5.91 Å². The number of thioether (sulfide) groups is 1. The summed E-state index contributed by atoms with van der Waals surface area (Å²) in [5, 5.41) is 10.1. The molecule has 29 heavy (non-hydrogen) atoms. The molecule has 154 valence electrons. The number of rotatable bonds is 5. The molecule has 0 unspecified atom stereocenters. The maximum Gasteiger partial charge on any atom is 0.232 e. The molecule has 1 spiro atoms. The van der Waals surface area contributed by atoms with E-state index in [2.05, 4.69) is 9.88 Å². The van der Waals surface area contributed by atoms with Crippen LogP contribution in [0.15, 0.2) is 30.5 Å². The van der Waals surface area contributed by atoms with E-state index in [9.17, 15) is 9.90 Å². The SMILES string of the molecule is CSCC(=O)N1C[C@@H]2[C@H](CO)[C@H]3CN(Cc4cnc5ccccc5n4)C[C@]2(C1)O3. The number of amides is 1. The number of ether oxygens (including phenoxy) is 1. The van der Waals surface area contributed by atoms with Crippen molar-refractivity contribution in [3.8, 4) is 0 Å². The van der Waals surface area contributed by atoms with Gasteiger partial charge in [-0.05, 0) is 18.4 Å². The molecule has 1 aromatic heterocycles. The second-order valence-corrected chi connectivity index (χ2v) is 9.27. The molecule has 1 aromatic carbocycles. The summed E-state index contributed by atoms with van der Waals surface area (Å²) in [6.07, 6.45) is 3.80. The van der Waals surface area contributed by atoms with E-state index < -0.39 is 0 Å². The lowest BCUT2D eigenvalue weighted by Gasteiger charge is -2.40. The largest absolute Gasteiger partial charge is 0.396 e. The Labute approximate surface area is 174 Å². The molecule has 3 aliphatic rings. The number of nitrogens with zero attached hydrogens (tertiary/aromatic N) is 4. The molecule has 1 amide bonds. The molecule has 2 bridgehead atoms. The molecule has 4 heterocycles. The summed E-state index contributed by atoms with van der Waals surface area (Å²) in [6, 6.07) is 7.89. The van der Waals surface area contributed by atoms with Crippen molar-refractivity contribution in [1.29, 1.82) is 0 Å². The first-order valence-corrected chi connectivity index (χ1v) is 11.5. The summed E-state index contributed by atoms with van der Waals surface area (Å²) in [5.74, 6) is 0.924. The van der Waals surface area contributed by atoms with Gasteiger partial charge in [-0.15, -0.1) is 0 Å². The fraction of sp³-hybridized carbons (Fsp3) is 0.571. The molecule has 3 aliphatic heterocycles. The molecular weight excluding hydrogens is 388 g/mol. The van der Waals surface area contributed by atoms with Crippen LogP contribution in [-0.4, -0.2) is 87.3 Å². The highest BCUT2D eigenvalue weighted by Gasteiger charge is 2.62. The first kappa shape index (κ1) is 19.2. The summed E-state index contributed by atoms with van der Waals surface area (Å²) >= 11 is 1.55. The van der Waals surface area contributed by atoms with Gasteiger partial charge < -0.3 is 14.7 Å². The molecule has 0 saturated carbocycles. The van der Waals surface area contributed by atoms with Crippen molar-refractivity contribution >= 4 is 28.7 Å².